The Morgan fingerprint density at radius 1 is 1.10 bits per heavy atom. The molecule has 0 radical (unpaired) electrons. The van der Waals surface area contributed by atoms with Crippen molar-refractivity contribution in [3.8, 4) is 0 Å². The summed E-state index contributed by atoms with van der Waals surface area (Å²) in [6, 6.07) is 21.4. The highest BCUT2D eigenvalue weighted by Gasteiger charge is 2.30. The van der Waals surface area contributed by atoms with Crippen molar-refractivity contribution in [3.05, 3.63) is 100 Å². The number of likely N-dealkylation sites (tertiary alicyclic amines) is 1. The highest BCUT2D eigenvalue weighted by atomic mass is 32.2. The van der Waals surface area contributed by atoms with Gasteiger partial charge in [0.05, 0.1) is 17.1 Å². The van der Waals surface area contributed by atoms with Crippen LogP contribution in [0.5, 0.6) is 0 Å². The summed E-state index contributed by atoms with van der Waals surface area (Å²) in [6.07, 6.45) is 5.34. The standard InChI is InChI=1S/C32H34FN3O2S/c1-23-7-5-17-35(21-23)18-6-16-34-31(37)26-12-15-29-28(20-26)36(22-25-10-13-27(33)14-11-25)32(38)30(39-29)19-24-8-3-2-4-9-24/h2-4,8-15,19-20,23H,5-7,16-18,21-22H2,1H3,(H,34,37)/b30-19-. The van der Waals surface area contributed by atoms with Crippen molar-refractivity contribution in [2.45, 2.75) is 37.6 Å². The molecule has 1 N–H and O–H groups in total. The van der Waals surface area contributed by atoms with Crippen molar-refractivity contribution in [1.29, 1.82) is 0 Å². The first kappa shape index (κ1) is 27.2. The molecule has 0 aliphatic carbocycles. The number of hydrogen-bond donors (Lipinski definition) is 1. The zero-order valence-electron chi connectivity index (χ0n) is 22.2. The van der Waals surface area contributed by atoms with Gasteiger partial charge in [-0.25, -0.2) is 4.39 Å². The minimum absolute atomic E-state index is 0.144. The summed E-state index contributed by atoms with van der Waals surface area (Å²) < 4.78 is 13.5. The Bertz CT molecular complexity index is 1340. The quantitative estimate of drug-likeness (QED) is 0.265. The monoisotopic (exact) mass is 543 g/mol. The molecular formula is C32H34FN3O2S. The minimum atomic E-state index is -0.321. The van der Waals surface area contributed by atoms with E-state index in [2.05, 4.69) is 17.1 Å². The van der Waals surface area contributed by atoms with E-state index in [4.69, 9.17) is 0 Å². The Hall–Kier alpha value is -3.42. The van der Waals surface area contributed by atoms with Gasteiger partial charge in [-0.2, -0.15) is 0 Å². The lowest BCUT2D eigenvalue weighted by Crippen LogP contribution is -2.36. The summed E-state index contributed by atoms with van der Waals surface area (Å²) in [5.74, 6) is 0.132. The van der Waals surface area contributed by atoms with Crippen LogP contribution in [0.25, 0.3) is 6.08 Å². The first-order chi connectivity index (χ1) is 19.0. The molecule has 3 aromatic rings. The van der Waals surface area contributed by atoms with E-state index in [-0.39, 0.29) is 24.2 Å². The lowest BCUT2D eigenvalue weighted by Gasteiger charge is -2.31. The Labute approximate surface area is 234 Å². The molecule has 5 nitrogen and oxygen atoms in total. The maximum atomic E-state index is 13.7. The lowest BCUT2D eigenvalue weighted by molar-refractivity contribution is -0.114. The van der Waals surface area contributed by atoms with Crippen molar-refractivity contribution >= 4 is 35.3 Å². The first-order valence-corrected chi connectivity index (χ1v) is 14.4. The summed E-state index contributed by atoms with van der Waals surface area (Å²) >= 11 is 1.41. The second-order valence-electron chi connectivity index (χ2n) is 10.4. The molecule has 2 amide bonds. The molecule has 2 heterocycles. The molecule has 0 aromatic heterocycles. The van der Waals surface area contributed by atoms with Gasteiger partial charge in [0.15, 0.2) is 0 Å². The molecule has 1 fully saturated rings. The van der Waals surface area contributed by atoms with E-state index in [0.717, 1.165) is 48.0 Å². The molecule has 39 heavy (non-hydrogen) atoms. The van der Waals surface area contributed by atoms with E-state index in [1.165, 1.54) is 36.7 Å². The number of carbonyl (C=O) groups excluding carboxylic acids is 2. The van der Waals surface area contributed by atoms with Crippen molar-refractivity contribution in [2.24, 2.45) is 5.92 Å². The van der Waals surface area contributed by atoms with E-state index in [1.807, 2.05) is 48.5 Å². The number of carbonyl (C=O) groups is 2. The number of thioether (sulfide) groups is 1. The van der Waals surface area contributed by atoms with Crippen LogP contribution in [-0.4, -0.2) is 42.9 Å². The van der Waals surface area contributed by atoms with Gasteiger partial charge in [-0.05, 0) is 85.8 Å². The summed E-state index contributed by atoms with van der Waals surface area (Å²) in [5.41, 5.74) is 2.96. The highest BCUT2D eigenvalue weighted by molar-refractivity contribution is 8.04. The van der Waals surface area contributed by atoms with E-state index in [9.17, 15) is 14.0 Å². The predicted octanol–water partition coefficient (Wildman–Crippen LogP) is 6.36. The number of amides is 2. The number of nitrogens with one attached hydrogen (secondary N) is 1. The maximum absolute atomic E-state index is 13.7. The van der Waals surface area contributed by atoms with Gasteiger partial charge < -0.3 is 15.1 Å². The van der Waals surface area contributed by atoms with Crippen LogP contribution in [0.15, 0.2) is 82.6 Å². The topological polar surface area (TPSA) is 52.7 Å². The number of hydrogen-bond acceptors (Lipinski definition) is 4. The number of halogens is 1. The van der Waals surface area contributed by atoms with Crippen LogP contribution in [0.2, 0.25) is 0 Å². The summed E-state index contributed by atoms with van der Waals surface area (Å²) in [5, 5.41) is 3.05. The number of rotatable bonds is 8. The third kappa shape index (κ3) is 6.97. The fraction of sp³-hybridized carbons (Fsp3) is 0.312. The van der Waals surface area contributed by atoms with Crippen molar-refractivity contribution < 1.29 is 14.0 Å². The molecular weight excluding hydrogens is 509 g/mol. The number of benzene rings is 3. The average molecular weight is 544 g/mol. The van der Waals surface area contributed by atoms with Gasteiger partial charge in [-0.15, -0.1) is 0 Å². The molecule has 7 heteroatoms. The number of fused-ring (bicyclic) bond motifs is 1. The van der Waals surface area contributed by atoms with Crippen molar-refractivity contribution in [2.75, 3.05) is 31.1 Å². The van der Waals surface area contributed by atoms with Gasteiger partial charge in [-0.1, -0.05) is 61.2 Å². The Balaban J connectivity index is 1.33. The molecule has 0 spiro atoms. The van der Waals surface area contributed by atoms with Gasteiger partial charge >= 0.3 is 0 Å². The van der Waals surface area contributed by atoms with Crippen LogP contribution in [0.3, 0.4) is 0 Å². The number of nitrogens with zero attached hydrogens (tertiary/aromatic N) is 2. The third-order valence-corrected chi connectivity index (χ3v) is 8.29. The van der Waals surface area contributed by atoms with E-state index in [0.29, 0.717) is 22.7 Å². The second-order valence-corrected chi connectivity index (χ2v) is 11.5. The van der Waals surface area contributed by atoms with E-state index >= 15 is 0 Å². The van der Waals surface area contributed by atoms with E-state index in [1.54, 1.807) is 23.1 Å². The van der Waals surface area contributed by atoms with Crippen molar-refractivity contribution in [1.82, 2.24) is 10.2 Å². The van der Waals surface area contributed by atoms with Crippen LogP contribution < -0.4 is 10.2 Å². The Kier molecular flexibility index (Phi) is 8.79. The van der Waals surface area contributed by atoms with Crippen LogP contribution in [-0.2, 0) is 11.3 Å². The molecule has 0 bridgehead atoms. The van der Waals surface area contributed by atoms with Gasteiger partial charge in [0.25, 0.3) is 11.8 Å². The summed E-state index contributed by atoms with van der Waals surface area (Å²) in [4.78, 5) is 32.4. The third-order valence-electron chi connectivity index (χ3n) is 7.22. The zero-order chi connectivity index (χ0) is 27.2. The molecule has 1 unspecified atom stereocenters. The molecule has 2 aliphatic heterocycles. The molecule has 202 valence electrons. The van der Waals surface area contributed by atoms with Crippen LogP contribution in [0, 0.1) is 11.7 Å². The summed E-state index contributed by atoms with van der Waals surface area (Å²) in [7, 11) is 0. The number of piperidine rings is 1. The van der Waals surface area contributed by atoms with Gasteiger partial charge in [0.2, 0.25) is 0 Å². The smallest absolute Gasteiger partial charge is 0.265 e. The van der Waals surface area contributed by atoms with Crippen LogP contribution in [0.1, 0.15) is 47.7 Å². The lowest BCUT2D eigenvalue weighted by atomic mass is 10.0. The zero-order valence-corrected chi connectivity index (χ0v) is 23.1. The highest BCUT2D eigenvalue weighted by Crippen LogP contribution is 2.43. The fourth-order valence-corrected chi connectivity index (χ4v) is 6.22. The maximum Gasteiger partial charge on any atom is 0.265 e. The normalized spacial score (nSPS) is 18.7. The molecule has 5 rings (SSSR count). The largest absolute Gasteiger partial charge is 0.352 e. The van der Waals surface area contributed by atoms with Crippen molar-refractivity contribution in [3.63, 3.8) is 0 Å². The fourth-order valence-electron chi connectivity index (χ4n) is 5.18. The molecule has 1 saturated heterocycles. The predicted molar refractivity (Wildman–Crippen MR) is 156 cm³/mol. The van der Waals surface area contributed by atoms with E-state index < -0.39 is 0 Å². The van der Waals surface area contributed by atoms with Gasteiger partial charge in [0.1, 0.15) is 5.82 Å². The molecule has 0 saturated carbocycles. The van der Waals surface area contributed by atoms with Gasteiger partial charge in [-0.3, -0.25) is 9.59 Å². The Morgan fingerprint density at radius 3 is 2.67 bits per heavy atom. The first-order valence-electron chi connectivity index (χ1n) is 13.6. The van der Waals surface area contributed by atoms with Crippen LogP contribution in [0.4, 0.5) is 10.1 Å². The Morgan fingerprint density at radius 2 is 1.90 bits per heavy atom. The molecule has 1 atom stereocenters. The number of anilines is 1. The average Bonchev–Trinajstić information content (AvgIpc) is 2.95. The molecule has 3 aromatic carbocycles. The van der Waals surface area contributed by atoms with Gasteiger partial charge in [0, 0.05) is 23.5 Å². The second kappa shape index (κ2) is 12.6. The van der Waals surface area contributed by atoms with Crippen LogP contribution >= 0.6 is 11.8 Å². The molecule has 2 aliphatic rings. The SMILES string of the molecule is CC1CCCN(CCCNC(=O)c2ccc3c(c2)N(Cc2ccc(F)cc2)C(=O)/C(=C/c2ccccc2)S3)C1. The minimum Gasteiger partial charge on any atom is -0.352 e. The summed E-state index contributed by atoms with van der Waals surface area (Å²) in [6.45, 7) is 6.44.